The van der Waals surface area contributed by atoms with Crippen LogP contribution in [-0.2, 0) is 19.2 Å². The van der Waals surface area contributed by atoms with Crippen LogP contribution in [0.4, 0.5) is 22.7 Å². The predicted octanol–water partition coefficient (Wildman–Crippen LogP) is 8.40. The number of carbonyl (C=O) groups is 6. The Hall–Kier alpha value is -7.60. The van der Waals surface area contributed by atoms with E-state index in [0.717, 1.165) is 12.8 Å². The number of hydrogen-bond donors (Lipinski definition) is 2. The molecule has 6 aliphatic rings. The number of anilines is 4. The minimum atomic E-state index is -0.337. The van der Waals surface area contributed by atoms with Crippen LogP contribution in [0, 0.1) is 47.3 Å². The lowest BCUT2D eigenvalue weighted by Gasteiger charge is -2.17. The lowest BCUT2D eigenvalue weighted by atomic mass is 9.85. The van der Waals surface area contributed by atoms with Gasteiger partial charge < -0.3 is 20.1 Å². The molecule has 0 aromatic heterocycles. The highest BCUT2D eigenvalue weighted by Gasteiger charge is 2.60. The minimum Gasteiger partial charge on any atom is -0.457 e. The Labute approximate surface area is 355 Å². The topological polar surface area (TPSA) is 151 Å². The summed E-state index contributed by atoms with van der Waals surface area (Å²) >= 11 is 0. The van der Waals surface area contributed by atoms with Crippen LogP contribution in [-0.4, -0.2) is 35.4 Å². The summed E-state index contributed by atoms with van der Waals surface area (Å²) < 4.78 is 12.1. The summed E-state index contributed by atoms with van der Waals surface area (Å²) in [5.41, 5.74) is 2.84. The predicted molar refractivity (Wildman–Crippen MR) is 229 cm³/mol. The van der Waals surface area contributed by atoms with E-state index < -0.39 is 0 Å². The van der Waals surface area contributed by atoms with Crippen LogP contribution in [0.25, 0.3) is 0 Å². The van der Waals surface area contributed by atoms with Crippen molar-refractivity contribution in [3.05, 3.63) is 157 Å². The van der Waals surface area contributed by atoms with E-state index in [4.69, 9.17) is 9.47 Å². The highest BCUT2D eigenvalue weighted by Crippen LogP contribution is 2.54. The molecule has 4 fully saturated rings. The Morgan fingerprint density at radius 2 is 0.774 bits per heavy atom. The fourth-order valence-electron chi connectivity index (χ4n) is 10.3. The van der Waals surface area contributed by atoms with Gasteiger partial charge in [-0.05, 0) is 146 Å². The number of ether oxygens (including phenoxy) is 2. The zero-order valence-corrected chi connectivity index (χ0v) is 33.0. The van der Waals surface area contributed by atoms with E-state index in [1.54, 1.807) is 121 Å². The van der Waals surface area contributed by atoms with E-state index in [-0.39, 0.29) is 82.8 Å². The van der Waals surface area contributed by atoms with Crippen LogP contribution in [0.2, 0.25) is 0 Å². The highest BCUT2D eigenvalue weighted by atomic mass is 16.5. The molecule has 0 spiro atoms. The second-order valence-corrected chi connectivity index (χ2v) is 16.8. The molecule has 4 aliphatic carbocycles. The van der Waals surface area contributed by atoms with Crippen LogP contribution in [0.1, 0.15) is 33.6 Å². The molecule has 0 radical (unpaired) electrons. The molecule has 11 rings (SSSR count). The second kappa shape index (κ2) is 14.5. The monoisotopic (exact) mass is 822 g/mol. The maximum atomic E-state index is 13.2. The largest absolute Gasteiger partial charge is 0.457 e. The number of benzene rings is 5. The van der Waals surface area contributed by atoms with Gasteiger partial charge in [0, 0.05) is 28.6 Å². The molecule has 0 unspecified atom stereocenters. The summed E-state index contributed by atoms with van der Waals surface area (Å²) in [6, 6.07) is 34.0. The Morgan fingerprint density at radius 3 is 1.11 bits per heavy atom. The Kier molecular flexibility index (Phi) is 8.78. The third-order valence-corrected chi connectivity index (χ3v) is 13.2. The van der Waals surface area contributed by atoms with Crippen LogP contribution < -0.4 is 29.9 Å². The maximum Gasteiger partial charge on any atom is 0.255 e. The van der Waals surface area contributed by atoms with Gasteiger partial charge in [0.15, 0.2) is 0 Å². The number of carbonyl (C=O) groups excluding carboxylic acids is 6. The summed E-state index contributed by atoms with van der Waals surface area (Å²) in [5, 5.41) is 5.75. The summed E-state index contributed by atoms with van der Waals surface area (Å²) in [6.07, 6.45) is 10.00. The van der Waals surface area contributed by atoms with Crippen molar-refractivity contribution < 1.29 is 38.2 Å². The third kappa shape index (κ3) is 6.29. The molecule has 2 saturated heterocycles. The lowest BCUT2D eigenvalue weighted by Crippen LogP contribution is -2.32. The summed E-state index contributed by atoms with van der Waals surface area (Å²) in [5.74, 6) is 0.237. The van der Waals surface area contributed by atoms with E-state index >= 15 is 0 Å². The van der Waals surface area contributed by atoms with Crippen LogP contribution in [0.3, 0.4) is 0 Å². The first-order valence-corrected chi connectivity index (χ1v) is 20.8. The number of imide groups is 2. The maximum absolute atomic E-state index is 13.2. The standard InChI is InChI=1S/C50H38N4O8/c55-45(27-8-16-35(17-9-27)53-47(57)41-29-4-5-30(24-29)42(41)48(53)58)51-33-12-20-37(21-13-33)61-39-2-1-3-40(26-39)62-38-22-14-34(15-23-38)52-46(56)28-10-18-36(19-11-28)54-49(59)43-31-6-7-32(25-31)44(43)50(54)60/h1-23,26,29-32,41-44H,24-25H2,(H,51,55)(H,52,56)/t29-,30-,31-,32+,41-,42+,43-,44+/m0/s1. The van der Waals surface area contributed by atoms with E-state index in [1.165, 1.54) is 9.80 Å². The lowest BCUT2D eigenvalue weighted by molar-refractivity contribution is -0.124. The van der Waals surface area contributed by atoms with Crippen molar-refractivity contribution >= 4 is 58.2 Å². The van der Waals surface area contributed by atoms with Crippen molar-refractivity contribution in [3.8, 4) is 23.0 Å². The quantitative estimate of drug-likeness (QED) is 0.105. The van der Waals surface area contributed by atoms with Gasteiger partial charge in [-0.3, -0.25) is 38.6 Å². The molecule has 2 N–H and O–H groups in total. The molecule has 12 nitrogen and oxygen atoms in total. The van der Waals surface area contributed by atoms with Gasteiger partial charge in [0.1, 0.15) is 23.0 Å². The van der Waals surface area contributed by atoms with Gasteiger partial charge in [-0.15, -0.1) is 0 Å². The molecule has 62 heavy (non-hydrogen) atoms. The zero-order chi connectivity index (χ0) is 42.2. The van der Waals surface area contributed by atoms with Crippen LogP contribution in [0.15, 0.2) is 146 Å². The van der Waals surface area contributed by atoms with Gasteiger partial charge in [-0.1, -0.05) is 30.4 Å². The molecule has 5 aromatic rings. The Morgan fingerprint density at radius 1 is 0.435 bits per heavy atom. The number of amides is 6. The zero-order valence-electron chi connectivity index (χ0n) is 33.0. The van der Waals surface area contributed by atoms with Crippen molar-refractivity contribution in [1.29, 1.82) is 0 Å². The van der Waals surface area contributed by atoms with Crippen molar-refractivity contribution in [2.24, 2.45) is 47.3 Å². The summed E-state index contributed by atoms with van der Waals surface area (Å²) in [6.45, 7) is 0. The minimum absolute atomic E-state index is 0.131. The van der Waals surface area contributed by atoms with Crippen molar-refractivity contribution in [2.75, 3.05) is 20.4 Å². The molecule has 2 heterocycles. The normalized spacial score (nSPS) is 26.0. The summed E-state index contributed by atoms with van der Waals surface area (Å²) in [4.78, 5) is 81.4. The molecule has 5 aromatic carbocycles. The van der Waals surface area contributed by atoms with Gasteiger partial charge in [-0.2, -0.15) is 0 Å². The molecular formula is C50H38N4O8. The van der Waals surface area contributed by atoms with Crippen LogP contribution >= 0.6 is 0 Å². The van der Waals surface area contributed by atoms with E-state index in [0.29, 0.717) is 56.9 Å². The summed E-state index contributed by atoms with van der Waals surface area (Å²) in [7, 11) is 0. The number of nitrogens with zero attached hydrogens (tertiary/aromatic N) is 2. The molecule has 2 aliphatic heterocycles. The number of fused-ring (bicyclic) bond motifs is 10. The molecule has 12 heteroatoms. The first-order valence-electron chi connectivity index (χ1n) is 20.8. The van der Waals surface area contributed by atoms with Crippen molar-refractivity contribution in [3.63, 3.8) is 0 Å². The number of hydrogen-bond acceptors (Lipinski definition) is 8. The van der Waals surface area contributed by atoms with Gasteiger partial charge in [0.05, 0.1) is 35.0 Å². The van der Waals surface area contributed by atoms with Gasteiger partial charge in [-0.25, -0.2) is 0 Å². The SMILES string of the molecule is O=C(Nc1ccc(Oc2cccc(Oc3ccc(NC(=O)c4ccc(N5C(=O)[C@@H]6[C@H](C5=O)[C@H]5C=C[C@H]6C5)cc4)cc3)c2)cc1)c1ccc(N2C(=O)[C@@H]3[C@H](C2=O)[C@@H]2C=C[C@H]3C2)cc1. The molecule has 4 bridgehead atoms. The first kappa shape index (κ1) is 37.4. The highest BCUT2D eigenvalue weighted by molar-refractivity contribution is 6.24. The number of allylic oxidation sites excluding steroid dienone is 4. The van der Waals surface area contributed by atoms with Gasteiger partial charge >= 0.3 is 0 Å². The molecular weight excluding hydrogens is 785 g/mol. The average Bonchev–Trinajstić information content (AvgIpc) is 4.16. The molecule has 2 saturated carbocycles. The van der Waals surface area contributed by atoms with E-state index in [2.05, 4.69) is 34.9 Å². The fraction of sp³-hybridized carbons (Fsp3) is 0.200. The fourth-order valence-corrected chi connectivity index (χ4v) is 10.3. The van der Waals surface area contributed by atoms with Crippen LogP contribution in [0.5, 0.6) is 23.0 Å². The van der Waals surface area contributed by atoms with Gasteiger partial charge in [0.25, 0.3) is 11.8 Å². The smallest absolute Gasteiger partial charge is 0.255 e. The first-order chi connectivity index (χ1) is 30.2. The average molecular weight is 823 g/mol. The van der Waals surface area contributed by atoms with Gasteiger partial charge in [0.2, 0.25) is 23.6 Å². The van der Waals surface area contributed by atoms with E-state index in [9.17, 15) is 28.8 Å². The van der Waals surface area contributed by atoms with E-state index in [1.807, 2.05) is 0 Å². The molecule has 306 valence electrons. The number of nitrogens with one attached hydrogen (secondary N) is 2. The van der Waals surface area contributed by atoms with Crippen molar-refractivity contribution in [2.45, 2.75) is 12.8 Å². The second-order valence-electron chi connectivity index (χ2n) is 16.8. The molecule has 6 amide bonds. The number of rotatable bonds is 10. The Balaban J connectivity index is 0.665. The molecule has 8 atom stereocenters. The Bertz CT molecular complexity index is 2520. The van der Waals surface area contributed by atoms with Crippen molar-refractivity contribution in [1.82, 2.24) is 0 Å². The third-order valence-electron chi connectivity index (χ3n) is 13.2.